The van der Waals surface area contributed by atoms with Crippen molar-refractivity contribution in [3.8, 4) is 0 Å². The molecule has 8 heteroatoms. The number of rotatable bonds is 2. The van der Waals surface area contributed by atoms with Crippen LogP contribution in [-0.4, -0.2) is 17.0 Å². The fourth-order valence-corrected chi connectivity index (χ4v) is 3.24. The number of halogens is 2. The largest absolute Gasteiger partial charge is 0.503 e. The Bertz CT molecular complexity index is 883. The molecule has 3 amide bonds. The molecule has 0 saturated heterocycles. The molecule has 0 radical (unpaired) electrons. The van der Waals surface area contributed by atoms with Crippen molar-refractivity contribution in [1.29, 1.82) is 0 Å². The van der Waals surface area contributed by atoms with E-state index in [9.17, 15) is 14.7 Å². The minimum atomic E-state index is -0.641. The van der Waals surface area contributed by atoms with Crippen LogP contribution in [-0.2, 0) is 4.79 Å². The Morgan fingerprint density at radius 1 is 1.12 bits per heavy atom. The number of fused-ring (bicyclic) bond motifs is 1. The maximum atomic E-state index is 12.3. The molecule has 0 fully saturated rings. The van der Waals surface area contributed by atoms with Gasteiger partial charge in [-0.2, -0.15) is 0 Å². The van der Waals surface area contributed by atoms with E-state index >= 15 is 0 Å². The zero-order valence-corrected chi connectivity index (χ0v) is 17.0. The summed E-state index contributed by atoms with van der Waals surface area (Å²) in [5, 5.41) is 18.0. The quantitative estimate of drug-likeness (QED) is 0.416. The Balaban J connectivity index is 1.81. The number of hydrogen-bond donors (Lipinski definition) is 4. The Kier molecular flexibility index (Phi) is 5.47. The summed E-state index contributed by atoms with van der Waals surface area (Å²) in [6.07, 6.45) is 1.32. The highest BCUT2D eigenvalue weighted by atomic mass is 127. The molecule has 0 saturated carbocycles. The molecule has 0 spiro atoms. The second-order valence-electron chi connectivity index (χ2n) is 5.30. The minimum Gasteiger partial charge on any atom is -0.503 e. The first kappa shape index (κ1) is 18.0. The van der Waals surface area contributed by atoms with Gasteiger partial charge in [0.2, 0.25) is 0 Å². The standard InChI is InChI=1S/C17H13I2N3O3/c18-11-6-5-9(7-12(11)19)20-17(25)22-14-8-15(23)16(24)21-13-4-2-1-3-10(13)14/h1-8,14,23H,(H,21,24)(H2,20,22,25). The fourth-order valence-electron chi connectivity index (χ4n) is 2.39. The molecule has 6 nitrogen and oxygen atoms in total. The van der Waals surface area contributed by atoms with E-state index in [1.165, 1.54) is 6.08 Å². The van der Waals surface area contributed by atoms with Crippen LogP contribution in [0, 0.1) is 7.14 Å². The number of aliphatic hydroxyl groups is 1. The van der Waals surface area contributed by atoms with Crippen molar-refractivity contribution < 1.29 is 14.7 Å². The molecule has 128 valence electrons. The molecule has 4 N–H and O–H groups in total. The lowest BCUT2D eigenvalue weighted by Crippen LogP contribution is -2.32. The summed E-state index contributed by atoms with van der Waals surface area (Å²) in [5.41, 5.74) is 1.89. The SMILES string of the molecule is O=C(Nc1ccc(I)c(I)c1)NC1C=C(O)C(=O)Nc2ccccc21. The molecular formula is C17H13I2N3O3. The van der Waals surface area contributed by atoms with Gasteiger partial charge in [-0.3, -0.25) is 4.79 Å². The van der Waals surface area contributed by atoms with Gasteiger partial charge in [0.05, 0.1) is 6.04 Å². The van der Waals surface area contributed by atoms with Gasteiger partial charge in [-0.1, -0.05) is 18.2 Å². The predicted molar refractivity (Wildman–Crippen MR) is 113 cm³/mol. The monoisotopic (exact) mass is 561 g/mol. The average Bonchev–Trinajstić information content (AvgIpc) is 2.68. The van der Waals surface area contributed by atoms with Gasteiger partial charge in [-0.25, -0.2) is 4.79 Å². The summed E-state index contributed by atoms with van der Waals surface area (Å²) in [5.74, 6) is -1.05. The highest BCUT2D eigenvalue weighted by Gasteiger charge is 2.23. The highest BCUT2D eigenvalue weighted by molar-refractivity contribution is 14.1. The van der Waals surface area contributed by atoms with Crippen molar-refractivity contribution in [3.63, 3.8) is 0 Å². The van der Waals surface area contributed by atoms with Crippen molar-refractivity contribution in [2.24, 2.45) is 0 Å². The van der Waals surface area contributed by atoms with Crippen LogP contribution in [0.15, 0.2) is 54.3 Å². The summed E-state index contributed by atoms with van der Waals surface area (Å²) >= 11 is 4.41. The number of benzene rings is 2. The molecule has 1 unspecified atom stereocenters. The molecule has 25 heavy (non-hydrogen) atoms. The summed E-state index contributed by atoms with van der Waals surface area (Å²) in [6, 6.07) is 11.6. The van der Waals surface area contributed by atoms with Crippen molar-refractivity contribution in [2.75, 3.05) is 10.6 Å². The van der Waals surface area contributed by atoms with E-state index in [1.807, 2.05) is 18.2 Å². The van der Waals surface area contributed by atoms with Gasteiger partial charge < -0.3 is 21.1 Å². The number of anilines is 2. The lowest BCUT2D eigenvalue weighted by atomic mass is 10.1. The number of para-hydroxylation sites is 1. The first-order valence-corrected chi connectivity index (χ1v) is 9.43. The number of carbonyl (C=O) groups is 2. The molecule has 1 aliphatic rings. The molecule has 0 aromatic heterocycles. The summed E-state index contributed by atoms with van der Waals surface area (Å²) in [4.78, 5) is 24.2. The number of amides is 3. The topological polar surface area (TPSA) is 90.5 Å². The van der Waals surface area contributed by atoms with Gasteiger partial charge in [0.1, 0.15) is 0 Å². The maximum absolute atomic E-state index is 12.3. The van der Waals surface area contributed by atoms with Crippen LogP contribution in [0.4, 0.5) is 16.2 Å². The maximum Gasteiger partial charge on any atom is 0.319 e. The number of urea groups is 1. The van der Waals surface area contributed by atoms with Crippen molar-refractivity contribution in [3.05, 3.63) is 67.0 Å². The minimum absolute atomic E-state index is 0.435. The van der Waals surface area contributed by atoms with Crippen LogP contribution in [0.5, 0.6) is 0 Å². The second kappa shape index (κ2) is 7.60. The van der Waals surface area contributed by atoms with E-state index in [4.69, 9.17) is 0 Å². The third-order valence-corrected chi connectivity index (χ3v) is 6.43. The smallest absolute Gasteiger partial charge is 0.319 e. The predicted octanol–water partition coefficient (Wildman–Crippen LogP) is 4.15. The van der Waals surface area contributed by atoms with E-state index in [-0.39, 0.29) is 0 Å². The highest BCUT2D eigenvalue weighted by Crippen LogP contribution is 2.28. The average molecular weight is 561 g/mol. The third-order valence-electron chi connectivity index (χ3n) is 3.57. The van der Waals surface area contributed by atoms with Gasteiger partial charge in [0.15, 0.2) is 5.76 Å². The van der Waals surface area contributed by atoms with E-state index in [2.05, 4.69) is 61.1 Å². The van der Waals surface area contributed by atoms with Crippen LogP contribution in [0.2, 0.25) is 0 Å². The Morgan fingerprint density at radius 2 is 1.88 bits per heavy atom. The van der Waals surface area contributed by atoms with Gasteiger partial charge in [-0.15, -0.1) is 0 Å². The third kappa shape index (κ3) is 4.24. The summed E-state index contributed by atoms with van der Waals surface area (Å²) in [7, 11) is 0. The normalized spacial score (nSPS) is 16.2. The van der Waals surface area contributed by atoms with Gasteiger partial charge in [0, 0.05) is 24.1 Å². The summed E-state index contributed by atoms with van der Waals surface area (Å²) < 4.78 is 2.13. The lowest BCUT2D eigenvalue weighted by Gasteiger charge is -2.17. The van der Waals surface area contributed by atoms with Crippen LogP contribution < -0.4 is 16.0 Å². The first-order chi connectivity index (χ1) is 11.9. The Hall–Kier alpha value is -1.82. The van der Waals surface area contributed by atoms with E-state index in [1.54, 1.807) is 24.3 Å². The Labute approximate surface area is 171 Å². The van der Waals surface area contributed by atoms with Gasteiger partial charge >= 0.3 is 6.03 Å². The number of aliphatic hydroxyl groups excluding tert-OH is 1. The second-order valence-corrected chi connectivity index (χ2v) is 7.62. The molecule has 1 atom stereocenters. The zero-order valence-electron chi connectivity index (χ0n) is 12.7. The van der Waals surface area contributed by atoms with Crippen molar-refractivity contribution in [2.45, 2.75) is 6.04 Å². The Morgan fingerprint density at radius 3 is 2.64 bits per heavy atom. The molecule has 0 aliphatic carbocycles. The molecule has 0 bridgehead atoms. The van der Waals surface area contributed by atoms with Crippen LogP contribution in [0.25, 0.3) is 0 Å². The molecule has 1 aliphatic heterocycles. The fraction of sp³-hybridized carbons (Fsp3) is 0.0588. The molecule has 3 rings (SSSR count). The van der Waals surface area contributed by atoms with Gasteiger partial charge in [0.25, 0.3) is 5.91 Å². The van der Waals surface area contributed by atoms with Crippen LogP contribution in [0.3, 0.4) is 0 Å². The molecule has 2 aromatic rings. The van der Waals surface area contributed by atoms with E-state index in [0.717, 1.165) is 7.14 Å². The summed E-state index contributed by atoms with van der Waals surface area (Å²) in [6.45, 7) is 0. The van der Waals surface area contributed by atoms with E-state index in [0.29, 0.717) is 16.9 Å². The lowest BCUT2D eigenvalue weighted by molar-refractivity contribution is -0.115. The van der Waals surface area contributed by atoms with Crippen LogP contribution in [0.1, 0.15) is 11.6 Å². The zero-order chi connectivity index (χ0) is 18.0. The van der Waals surface area contributed by atoms with E-state index < -0.39 is 23.7 Å². The number of hydrogen-bond acceptors (Lipinski definition) is 3. The van der Waals surface area contributed by atoms with Crippen LogP contribution >= 0.6 is 45.2 Å². The molecular weight excluding hydrogens is 548 g/mol. The number of carbonyl (C=O) groups excluding carboxylic acids is 2. The first-order valence-electron chi connectivity index (χ1n) is 7.27. The molecule has 1 heterocycles. The molecule has 2 aromatic carbocycles. The number of nitrogens with one attached hydrogen (secondary N) is 3. The van der Waals surface area contributed by atoms with Crippen molar-refractivity contribution in [1.82, 2.24) is 5.32 Å². The van der Waals surface area contributed by atoms with Gasteiger partial charge in [-0.05, 0) is 75.5 Å². The van der Waals surface area contributed by atoms with Crippen molar-refractivity contribution >= 4 is 68.5 Å².